The molecule has 0 atom stereocenters. The first-order valence-corrected chi connectivity index (χ1v) is 7.30. The normalized spacial score (nSPS) is 11.6. The quantitative estimate of drug-likeness (QED) is 0.358. The number of hydrogen-bond donors (Lipinski definition) is 2. The van der Waals surface area contributed by atoms with E-state index in [1.165, 1.54) is 25.7 Å². The Hall–Kier alpha value is -1.06. The Morgan fingerprint density at radius 1 is 1.00 bits per heavy atom. The maximum absolute atomic E-state index is 11.5. The fourth-order valence-corrected chi connectivity index (χ4v) is 1.65. The Labute approximate surface area is 111 Å². The molecule has 1 amide bonds. The lowest BCUT2D eigenvalue weighted by Crippen LogP contribution is -2.37. The lowest BCUT2D eigenvalue weighted by molar-refractivity contribution is -0.114. The second kappa shape index (κ2) is 12.4. The number of carbonyl (C=O) groups is 1. The number of amides is 1. The number of carbonyl (C=O) groups excluding carboxylic acids is 1. The highest BCUT2D eigenvalue weighted by atomic mass is 16.2. The van der Waals surface area contributed by atoms with E-state index in [0.29, 0.717) is 13.1 Å². The van der Waals surface area contributed by atoms with E-state index in [1.54, 1.807) is 0 Å². The van der Waals surface area contributed by atoms with Gasteiger partial charge in [-0.2, -0.15) is 0 Å². The predicted octanol–water partition coefficient (Wildman–Crippen LogP) is 2.62. The zero-order valence-electron chi connectivity index (χ0n) is 12.0. The van der Waals surface area contributed by atoms with Crippen LogP contribution in [-0.4, -0.2) is 24.8 Å². The van der Waals surface area contributed by atoms with Gasteiger partial charge in [-0.25, -0.2) is 0 Å². The molecule has 0 rings (SSSR count). The van der Waals surface area contributed by atoms with Crippen molar-refractivity contribution in [2.45, 2.75) is 65.2 Å². The standard InChI is InChI=1S/C14H29N3O/c1-3-5-7-9-11-16-13(15)14(18)17-12-10-8-6-4-2/h3-12H2,1-2H3,(H2,15,16)(H,17,18). The Bertz CT molecular complexity index is 239. The van der Waals surface area contributed by atoms with Gasteiger partial charge < -0.3 is 11.1 Å². The first-order valence-electron chi connectivity index (χ1n) is 7.30. The predicted molar refractivity (Wildman–Crippen MR) is 77.8 cm³/mol. The van der Waals surface area contributed by atoms with Crippen LogP contribution in [-0.2, 0) is 4.79 Å². The van der Waals surface area contributed by atoms with Crippen molar-refractivity contribution in [2.24, 2.45) is 10.7 Å². The molecule has 0 aromatic rings. The van der Waals surface area contributed by atoms with E-state index in [0.717, 1.165) is 25.7 Å². The third-order valence-corrected chi connectivity index (χ3v) is 2.84. The summed E-state index contributed by atoms with van der Waals surface area (Å²) in [6.45, 7) is 5.70. The van der Waals surface area contributed by atoms with Crippen LogP contribution in [0, 0.1) is 0 Å². The van der Waals surface area contributed by atoms with Crippen molar-refractivity contribution in [2.75, 3.05) is 13.1 Å². The maximum Gasteiger partial charge on any atom is 0.286 e. The van der Waals surface area contributed by atoms with Gasteiger partial charge in [-0.3, -0.25) is 9.79 Å². The Balaban J connectivity index is 3.58. The fourth-order valence-electron chi connectivity index (χ4n) is 1.65. The molecule has 0 aliphatic carbocycles. The van der Waals surface area contributed by atoms with Gasteiger partial charge in [0.05, 0.1) is 0 Å². The van der Waals surface area contributed by atoms with Gasteiger partial charge in [0.25, 0.3) is 5.91 Å². The number of nitrogens with one attached hydrogen (secondary N) is 1. The highest BCUT2D eigenvalue weighted by Gasteiger charge is 2.04. The van der Waals surface area contributed by atoms with Gasteiger partial charge in [-0.15, -0.1) is 0 Å². The average molecular weight is 255 g/mol. The topological polar surface area (TPSA) is 67.5 Å². The van der Waals surface area contributed by atoms with E-state index < -0.39 is 0 Å². The van der Waals surface area contributed by atoms with Crippen LogP contribution >= 0.6 is 0 Å². The van der Waals surface area contributed by atoms with Crippen LogP contribution in [0.1, 0.15) is 65.2 Å². The summed E-state index contributed by atoms with van der Waals surface area (Å²) < 4.78 is 0. The van der Waals surface area contributed by atoms with Crippen molar-refractivity contribution in [3.05, 3.63) is 0 Å². The summed E-state index contributed by atoms with van der Waals surface area (Å²) in [4.78, 5) is 15.6. The summed E-state index contributed by atoms with van der Waals surface area (Å²) in [6.07, 6.45) is 9.20. The zero-order valence-corrected chi connectivity index (χ0v) is 12.0. The molecule has 3 N–H and O–H groups in total. The molecule has 4 heteroatoms. The first-order chi connectivity index (χ1) is 8.72. The molecule has 0 unspecified atom stereocenters. The summed E-state index contributed by atoms with van der Waals surface area (Å²) in [5.41, 5.74) is 5.61. The van der Waals surface area contributed by atoms with Crippen LogP contribution in [0.5, 0.6) is 0 Å². The van der Waals surface area contributed by atoms with Crippen molar-refractivity contribution in [1.29, 1.82) is 0 Å². The molecule has 0 radical (unpaired) electrons. The molecule has 0 spiro atoms. The van der Waals surface area contributed by atoms with Crippen molar-refractivity contribution >= 4 is 11.7 Å². The molecule has 0 saturated heterocycles. The molecule has 0 heterocycles. The lowest BCUT2D eigenvalue weighted by Gasteiger charge is -2.04. The number of hydrogen-bond acceptors (Lipinski definition) is 2. The second-order valence-corrected chi connectivity index (χ2v) is 4.64. The van der Waals surface area contributed by atoms with Crippen molar-refractivity contribution in [3.8, 4) is 0 Å². The molecule has 0 saturated carbocycles. The van der Waals surface area contributed by atoms with E-state index in [9.17, 15) is 4.79 Å². The number of rotatable bonds is 10. The van der Waals surface area contributed by atoms with E-state index >= 15 is 0 Å². The summed E-state index contributed by atoms with van der Waals surface area (Å²) in [5.74, 6) is -0.0935. The van der Waals surface area contributed by atoms with Gasteiger partial charge in [0.1, 0.15) is 0 Å². The van der Waals surface area contributed by atoms with Crippen molar-refractivity contribution in [3.63, 3.8) is 0 Å². The summed E-state index contributed by atoms with van der Waals surface area (Å²) in [7, 11) is 0. The smallest absolute Gasteiger partial charge is 0.286 e. The molecule has 18 heavy (non-hydrogen) atoms. The van der Waals surface area contributed by atoms with Gasteiger partial charge in [-0.05, 0) is 12.8 Å². The Kier molecular flexibility index (Phi) is 11.7. The number of aliphatic imine (C=N–C) groups is 1. The van der Waals surface area contributed by atoms with Gasteiger partial charge in [0, 0.05) is 13.1 Å². The summed E-state index contributed by atoms with van der Waals surface area (Å²) in [5, 5.41) is 2.80. The largest absolute Gasteiger partial charge is 0.379 e. The van der Waals surface area contributed by atoms with Crippen LogP contribution in [0.2, 0.25) is 0 Å². The van der Waals surface area contributed by atoms with Gasteiger partial charge in [0.15, 0.2) is 5.84 Å². The Morgan fingerprint density at radius 2 is 1.61 bits per heavy atom. The molecular weight excluding hydrogens is 226 g/mol. The fraction of sp³-hybridized carbons (Fsp3) is 0.857. The minimum Gasteiger partial charge on any atom is -0.379 e. The van der Waals surface area contributed by atoms with Crippen LogP contribution < -0.4 is 11.1 Å². The lowest BCUT2D eigenvalue weighted by atomic mass is 10.2. The van der Waals surface area contributed by atoms with Crippen LogP contribution in [0.15, 0.2) is 4.99 Å². The highest BCUT2D eigenvalue weighted by molar-refractivity contribution is 6.37. The van der Waals surface area contributed by atoms with E-state index in [4.69, 9.17) is 5.73 Å². The highest BCUT2D eigenvalue weighted by Crippen LogP contribution is 1.99. The summed E-state index contributed by atoms with van der Waals surface area (Å²) >= 11 is 0. The van der Waals surface area contributed by atoms with Gasteiger partial charge >= 0.3 is 0 Å². The summed E-state index contributed by atoms with van der Waals surface area (Å²) in [6, 6.07) is 0. The molecule has 4 nitrogen and oxygen atoms in total. The molecule has 0 aromatic heterocycles. The minimum atomic E-state index is -0.220. The second-order valence-electron chi connectivity index (χ2n) is 4.64. The van der Waals surface area contributed by atoms with E-state index in [2.05, 4.69) is 24.2 Å². The van der Waals surface area contributed by atoms with Gasteiger partial charge in [-0.1, -0.05) is 52.4 Å². The third kappa shape index (κ3) is 10.1. The Morgan fingerprint density at radius 3 is 2.22 bits per heavy atom. The monoisotopic (exact) mass is 255 g/mol. The molecule has 0 aliphatic rings. The first kappa shape index (κ1) is 16.9. The molecule has 0 aliphatic heterocycles. The molecule has 0 bridgehead atoms. The maximum atomic E-state index is 11.5. The number of unbranched alkanes of at least 4 members (excludes halogenated alkanes) is 6. The van der Waals surface area contributed by atoms with Crippen LogP contribution in [0.25, 0.3) is 0 Å². The molecular formula is C14H29N3O. The van der Waals surface area contributed by atoms with Crippen molar-refractivity contribution in [1.82, 2.24) is 5.32 Å². The average Bonchev–Trinajstić information content (AvgIpc) is 2.37. The van der Waals surface area contributed by atoms with E-state index in [-0.39, 0.29) is 11.7 Å². The van der Waals surface area contributed by atoms with Gasteiger partial charge in [0.2, 0.25) is 0 Å². The number of nitrogens with zero attached hydrogens (tertiary/aromatic N) is 1. The van der Waals surface area contributed by atoms with E-state index in [1.807, 2.05) is 0 Å². The van der Waals surface area contributed by atoms with Crippen LogP contribution in [0.3, 0.4) is 0 Å². The SMILES string of the molecule is CCCCCCN=C(N)C(=O)NCCCCCC. The molecule has 0 fully saturated rings. The molecule has 106 valence electrons. The zero-order chi connectivity index (χ0) is 13.6. The van der Waals surface area contributed by atoms with Crippen molar-refractivity contribution < 1.29 is 4.79 Å². The minimum absolute atomic E-state index is 0.127. The number of amidine groups is 1. The van der Waals surface area contributed by atoms with Crippen LogP contribution in [0.4, 0.5) is 0 Å². The molecule has 0 aromatic carbocycles. The number of nitrogens with two attached hydrogens (primary N) is 1. The third-order valence-electron chi connectivity index (χ3n) is 2.84.